The van der Waals surface area contributed by atoms with Crippen LogP contribution < -0.4 is 5.32 Å². The summed E-state index contributed by atoms with van der Waals surface area (Å²) in [5.41, 5.74) is 2.90. The van der Waals surface area contributed by atoms with E-state index in [9.17, 15) is 5.11 Å². The van der Waals surface area contributed by atoms with Crippen LogP contribution in [0.1, 0.15) is 41.1 Å². The van der Waals surface area contributed by atoms with Crippen LogP contribution >= 0.6 is 0 Å². The molecule has 0 aliphatic carbocycles. The van der Waals surface area contributed by atoms with Gasteiger partial charge < -0.3 is 14.8 Å². The first-order chi connectivity index (χ1) is 11.3. The summed E-state index contributed by atoms with van der Waals surface area (Å²) < 4.78 is 7.56. The van der Waals surface area contributed by atoms with Crippen molar-refractivity contribution in [3.63, 3.8) is 0 Å². The number of aryl methyl sites for hydroxylation is 4. The van der Waals surface area contributed by atoms with Crippen molar-refractivity contribution in [3.05, 3.63) is 52.5 Å². The summed E-state index contributed by atoms with van der Waals surface area (Å²) in [5, 5.41) is 14.1. The van der Waals surface area contributed by atoms with Crippen molar-refractivity contribution in [1.82, 2.24) is 19.7 Å². The van der Waals surface area contributed by atoms with Gasteiger partial charge >= 0.3 is 0 Å². The second kappa shape index (κ2) is 6.03. The van der Waals surface area contributed by atoms with Gasteiger partial charge in [0.05, 0.1) is 11.9 Å². The van der Waals surface area contributed by atoms with Crippen molar-refractivity contribution in [2.24, 2.45) is 0 Å². The highest BCUT2D eigenvalue weighted by atomic mass is 16.3. The maximum atomic E-state index is 10.8. The Labute approximate surface area is 141 Å². The maximum Gasteiger partial charge on any atom is 0.234 e. The minimum absolute atomic E-state index is 0.415. The lowest BCUT2D eigenvalue weighted by Gasteiger charge is -2.23. The van der Waals surface area contributed by atoms with Crippen molar-refractivity contribution in [1.29, 1.82) is 0 Å². The number of aromatic nitrogens is 3. The van der Waals surface area contributed by atoms with Gasteiger partial charge in [0, 0.05) is 30.0 Å². The molecule has 2 N–H and O–H groups in total. The molecule has 6 heteroatoms. The van der Waals surface area contributed by atoms with Gasteiger partial charge in [0.15, 0.2) is 0 Å². The molecule has 6 nitrogen and oxygen atoms in total. The Morgan fingerprint density at radius 1 is 1.25 bits per heavy atom. The zero-order valence-electron chi connectivity index (χ0n) is 14.8. The Hall–Kier alpha value is -2.18. The Balaban J connectivity index is 1.74. The molecule has 1 unspecified atom stereocenters. The summed E-state index contributed by atoms with van der Waals surface area (Å²) in [6.07, 6.45) is 1.82. The Morgan fingerprint density at radius 3 is 2.67 bits per heavy atom. The SMILES string of the molecule is Cc1cc(C)n2c(CNCC(C)(O)c3cc(C)oc3C)cnc2n1. The molecule has 3 rings (SSSR count). The van der Waals surface area contributed by atoms with E-state index in [1.165, 1.54) is 0 Å². The van der Waals surface area contributed by atoms with E-state index in [-0.39, 0.29) is 0 Å². The van der Waals surface area contributed by atoms with Gasteiger partial charge in [0.1, 0.15) is 17.1 Å². The highest BCUT2D eigenvalue weighted by Crippen LogP contribution is 2.26. The van der Waals surface area contributed by atoms with Crippen LogP contribution in [0.2, 0.25) is 0 Å². The van der Waals surface area contributed by atoms with E-state index in [1.54, 1.807) is 6.92 Å². The second-order valence-electron chi connectivity index (χ2n) is 6.63. The Kier molecular flexibility index (Phi) is 4.19. The van der Waals surface area contributed by atoms with E-state index in [0.29, 0.717) is 18.9 Å². The summed E-state index contributed by atoms with van der Waals surface area (Å²) in [6.45, 7) is 10.6. The van der Waals surface area contributed by atoms with E-state index in [1.807, 2.05) is 50.4 Å². The first-order valence-electron chi connectivity index (χ1n) is 8.09. The fourth-order valence-corrected chi connectivity index (χ4v) is 3.22. The van der Waals surface area contributed by atoms with Gasteiger partial charge in [0.2, 0.25) is 5.78 Å². The number of fused-ring (bicyclic) bond motifs is 1. The molecule has 0 aromatic carbocycles. The lowest BCUT2D eigenvalue weighted by Crippen LogP contribution is -2.35. The third kappa shape index (κ3) is 3.07. The Morgan fingerprint density at radius 2 is 2.00 bits per heavy atom. The summed E-state index contributed by atoms with van der Waals surface area (Å²) >= 11 is 0. The number of rotatable bonds is 5. The van der Waals surface area contributed by atoms with Gasteiger partial charge in [-0.05, 0) is 46.8 Å². The van der Waals surface area contributed by atoms with Crippen molar-refractivity contribution in [3.8, 4) is 0 Å². The van der Waals surface area contributed by atoms with Gasteiger partial charge in [-0.2, -0.15) is 0 Å². The van der Waals surface area contributed by atoms with Gasteiger partial charge in [-0.1, -0.05) is 0 Å². The molecule has 1 atom stereocenters. The molecule has 0 aliphatic heterocycles. The van der Waals surface area contributed by atoms with Crippen molar-refractivity contribution >= 4 is 5.78 Å². The fourth-order valence-electron chi connectivity index (χ4n) is 3.22. The fraction of sp³-hybridized carbons (Fsp3) is 0.444. The Bertz CT molecular complexity index is 877. The van der Waals surface area contributed by atoms with E-state index in [2.05, 4.69) is 15.3 Å². The van der Waals surface area contributed by atoms with Crippen molar-refractivity contribution in [2.75, 3.05) is 6.54 Å². The third-order valence-electron chi connectivity index (χ3n) is 4.26. The van der Waals surface area contributed by atoms with E-state index >= 15 is 0 Å². The monoisotopic (exact) mass is 328 g/mol. The van der Waals surface area contributed by atoms with Crippen LogP contribution in [0.5, 0.6) is 0 Å². The number of hydrogen-bond acceptors (Lipinski definition) is 5. The smallest absolute Gasteiger partial charge is 0.234 e. The highest BCUT2D eigenvalue weighted by molar-refractivity contribution is 5.35. The number of nitrogens with one attached hydrogen (secondary N) is 1. The van der Waals surface area contributed by atoms with Gasteiger partial charge in [-0.25, -0.2) is 9.97 Å². The molecule has 0 saturated carbocycles. The van der Waals surface area contributed by atoms with Crippen LogP contribution in [0.15, 0.2) is 22.7 Å². The lowest BCUT2D eigenvalue weighted by atomic mass is 9.96. The molecule has 0 aliphatic rings. The van der Waals surface area contributed by atoms with Crippen molar-refractivity contribution in [2.45, 2.75) is 46.8 Å². The largest absolute Gasteiger partial charge is 0.466 e. The number of aliphatic hydroxyl groups is 1. The van der Waals surface area contributed by atoms with Crippen LogP contribution in [-0.4, -0.2) is 26.0 Å². The minimum Gasteiger partial charge on any atom is -0.466 e. The molecule has 0 bridgehead atoms. The molecule has 0 radical (unpaired) electrons. The van der Waals surface area contributed by atoms with Crippen LogP contribution in [0.3, 0.4) is 0 Å². The second-order valence-corrected chi connectivity index (χ2v) is 6.63. The molecule has 0 fully saturated rings. The van der Waals surface area contributed by atoms with E-state index in [0.717, 1.165) is 34.2 Å². The van der Waals surface area contributed by atoms with Crippen LogP contribution in [0.4, 0.5) is 0 Å². The molecule has 3 heterocycles. The number of furan rings is 1. The standard InChI is InChI=1S/C18H24N4O2/c1-11-6-12(2)22-15(9-20-17(22)21-11)8-19-10-18(5,23)16-7-13(3)24-14(16)4/h6-7,9,19,23H,8,10H2,1-5H3. The topological polar surface area (TPSA) is 75.6 Å². The van der Waals surface area contributed by atoms with Gasteiger partial charge in [-0.3, -0.25) is 4.40 Å². The first kappa shape index (κ1) is 16.7. The summed E-state index contributed by atoms with van der Waals surface area (Å²) in [4.78, 5) is 8.80. The van der Waals surface area contributed by atoms with Crippen LogP contribution in [0, 0.1) is 27.7 Å². The average molecular weight is 328 g/mol. The summed E-state index contributed by atoms with van der Waals surface area (Å²) in [5.74, 6) is 2.27. The molecule has 0 amide bonds. The molecule has 128 valence electrons. The van der Waals surface area contributed by atoms with Crippen LogP contribution in [-0.2, 0) is 12.1 Å². The first-order valence-corrected chi connectivity index (χ1v) is 8.09. The number of hydrogen-bond donors (Lipinski definition) is 2. The number of imidazole rings is 1. The third-order valence-corrected chi connectivity index (χ3v) is 4.26. The quantitative estimate of drug-likeness (QED) is 0.753. The van der Waals surface area contributed by atoms with Crippen molar-refractivity contribution < 1.29 is 9.52 Å². The van der Waals surface area contributed by atoms with Gasteiger partial charge in [0.25, 0.3) is 0 Å². The van der Waals surface area contributed by atoms with E-state index < -0.39 is 5.60 Å². The summed E-state index contributed by atoms with van der Waals surface area (Å²) in [6, 6.07) is 3.92. The summed E-state index contributed by atoms with van der Waals surface area (Å²) in [7, 11) is 0. The molecular formula is C18H24N4O2. The maximum absolute atomic E-state index is 10.8. The molecule has 3 aromatic rings. The highest BCUT2D eigenvalue weighted by Gasteiger charge is 2.27. The van der Waals surface area contributed by atoms with E-state index in [4.69, 9.17) is 4.42 Å². The molecule has 0 spiro atoms. The number of nitrogens with zero attached hydrogens (tertiary/aromatic N) is 3. The molecule has 3 aromatic heterocycles. The van der Waals surface area contributed by atoms with Crippen LogP contribution in [0.25, 0.3) is 5.78 Å². The molecule has 0 saturated heterocycles. The average Bonchev–Trinajstić information content (AvgIpc) is 3.02. The normalized spacial score (nSPS) is 14.2. The predicted molar refractivity (Wildman–Crippen MR) is 91.9 cm³/mol. The predicted octanol–water partition coefficient (Wildman–Crippen LogP) is 2.55. The zero-order valence-corrected chi connectivity index (χ0v) is 14.8. The molecular weight excluding hydrogens is 304 g/mol. The lowest BCUT2D eigenvalue weighted by molar-refractivity contribution is 0.0551. The minimum atomic E-state index is -0.994. The van der Waals surface area contributed by atoms with Gasteiger partial charge in [-0.15, -0.1) is 0 Å². The zero-order chi connectivity index (χ0) is 17.5. The molecule has 24 heavy (non-hydrogen) atoms.